The monoisotopic (exact) mass is 216 g/mol. The fraction of sp³-hybridized carbons (Fsp3) is 0.909. The lowest BCUT2D eigenvalue weighted by molar-refractivity contribution is -0.123. The largest absolute Gasteiger partial charge is 0.395 e. The summed E-state index contributed by atoms with van der Waals surface area (Å²) in [5.74, 6) is 0.0180. The summed E-state index contributed by atoms with van der Waals surface area (Å²) in [6.45, 7) is 9.81. The summed E-state index contributed by atoms with van der Waals surface area (Å²) in [6, 6.07) is 0. The second-order valence-corrected chi connectivity index (χ2v) is 4.80. The van der Waals surface area contributed by atoms with Gasteiger partial charge in [0.25, 0.3) is 0 Å². The quantitative estimate of drug-likeness (QED) is 0.684. The lowest BCUT2D eigenvalue weighted by Crippen LogP contribution is -2.46. The molecule has 0 unspecified atom stereocenters. The van der Waals surface area contributed by atoms with Crippen molar-refractivity contribution < 1.29 is 9.90 Å². The van der Waals surface area contributed by atoms with Gasteiger partial charge >= 0.3 is 0 Å². The number of amides is 1. The summed E-state index contributed by atoms with van der Waals surface area (Å²) in [6.07, 6.45) is 0.989. The average Bonchev–Trinajstić information content (AvgIpc) is 2.00. The molecule has 0 fully saturated rings. The number of rotatable bonds is 6. The van der Waals surface area contributed by atoms with E-state index in [0.717, 1.165) is 13.0 Å². The van der Waals surface area contributed by atoms with E-state index in [9.17, 15) is 4.79 Å². The van der Waals surface area contributed by atoms with Crippen LogP contribution in [-0.2, 0) is 4.79 Å². The number of nitrogens with zero attached hydrogens (tertiary/aromatic N) is 1. The first-order valence-electron chi connectivity index (χ1n) is 5.53. The Kier molecular flexibility index (Phi) is 6.52. The van der Waals surface area contributed by atoms with E-state index in [1.807, 2.05) is 25.7 Å². The van der Waals surface area contributed by atoms with Gasteiger partial charge in [-0.15, -0.1) is 0 Å². The zero-order valence-electron chi connectivity index (χ0n) is 10.3. The number of aliphatic hydroxyl groups excluding tert-OH is 1. The third kappa shape index (κ3) is 8.39. The second kappa shape index (κ2) is 6.80. The van der Waals surface area contributed by atoms with Crippen molar-refractivity contribution in [1.29, 1.82) is 0 Å². The van der Waals surface area contributed by atoms with E-state index in [4.69, 9.17) is 5.11 Å². The SMILES string of the molecule is CCCN(CCO)CC(=O)NC(C)(C)C. The van der Waals surface area contributed by atoms with E-state index in [0.29, 0.717) is 13.1 Å². The lowest BCUT2D eigenvalue weighted by Gasteiger charge is -2.24. The minimum atomic E-state index is -0.186. The maximum Gasteiger partial charge on any atom is 0.234 e. The number of carbonyl (C=O) groups is 1. The molecule has 0 saturated carbocycles. The van der Waals surface area contributed by atoms with Crippen LogP contribution in [0, 0.1) is 0 Å². The van der Waals surface area contributed by atoms with Gasteiger partial charge in [-0.25, -0.2) is 0 Å². The van der Waals surface area contributed by atoms with Crippen molar-refractivity contribution in [3.05, 3.63) is 0 Å². The average molecular weight is 216 g/mol. The molecule has 0 saturated heterocycles. The molecule has 0 spiro atoms. The standard InChI is InChI=1S/C11H24N2O2/c1-5-6-13(7-8-14)9-10(15)12-11(2,3)4/h14H,5-9H2,1-4H3,(H,12,15). The van der Waals surface area contributed by atoms with Crippen LogP contribution in [0.1, 0.15) is 34.1 Å². The van der Waals surface area contributed by atoms with Crippen molar-refractivity contribution in [2.75, 3.05) is 26.2 Å². The molecule has 0 aliphatic heterocycles. The van der Waals surface area contributed by atoms with Crippen LogP contribution in [0.2, 0.25) is 0 Å². The third-order valence-corrected chi connectivity index (χ3v) is 1.84. The number of carbonyl (C=O) groups excluding carboxylic acids is 1. The van der Waals surface area contributed by atoms with Gasteiger partial charge < -0.3 is 10.4 Å². The van der Waals surface area contributed by atoms with Gasteiger partial charge in [0.15, 0.2) is 0 Å². The van der Waals surface area contributed by atoms with E-state index in [1.165, 1.54) is 0 Å². The summed E-state index contributed by atoms with van der Waals surface area (Å²) in [7, 11) is 0. The fourth-order valence-corrected chi connectivity index (χ4v) is 1.39. The Morgan fingerprint density at radius 2 is 1.93 bits per heavy atom. The molecule has 1 amide bonds. The normalized spacial score (nSPS) is 11.9. The Balaban J connectivity index is 3.99. The van der Waals surface area contributed by atoms with Crippen LogP contribution in [0.15, 0.2) is 0 Å². The van der Waals surface area contributed by atoms with Crippen molar-refractivity contribution in [1.82, 2.24) is 10.2 Å². The van der Waals surface area contributed by atoms with E-state index in [2.05, 4.69) is 12.2 Å². The maximum absolute atomic E-state index is 11.6. The van der Waals surface area contributed by atoms with Crippen LogP contribution in [0.25, 0.3) is 0 Å². The van der Waals surface area contributed by atoms with Gasteiger partial charge in [0, 0.05) is 12.1 Å². The van der Waals surface area contributed by atoms with Crippen molar-refractivity contribution in [3.63, 3.8) is 0 Å². The Morgan fingerprint density at radius 1 is 1.33 bits per heavy atom. The number of hydrogen-bond donors (Lipinski definition) is 2. The smallest absolute Gasteiger partial charge is 0.234 e. The first-order chi connectivity index (χ1) is 6.89. The zero-order valence-corrected chi connectivity index (χ0v) is 10.3. The van der Waals surface area contributed by atoms with Gasteiger partial charge in [-0.3, -0.25) is 9.69 Å². The highest BCUT2D eigenvalue weighted by molar-refractivity contribution is 5.78. The van der Waals surface area contributed by atoms with Crippen LogP contribution >= 0.6 is 0 Å². The highest BCUT2D eigenvalue weighted by Crippen LogP contribution is 1.99. The molecule has 0 heterocycles. The first-order valence-corrected chi connectivity index (χ1v) is 5.53. The second-order valence-electron chi connectivity index (χ2n) is 4.80. The molecule has 4 heteroatoms. The van der Waals surface area contributed by atoms with E-state index < -0.39 is 0 Å². The first kappa shape index (κ1) is 14.4. The van der Waals surface area contributed by atoms with Crippen LogP contribution < -0.4 is 5.32 Å². The number of nitrogens with one attached hydrogen (secondary N) is 1. The molecule has 0 aromatic rings. The molecule has 0 aromatic heterocycles. The molecule has 0 bridgehead atoms. The summed E-state index contributed by atoms with van der Waals surface area (Å²) in [4.78, 5) is 13.5. The molecular weight excluding hydrogens is 192 g/mol. The molecule has 0 aliphatic carbocycles. The molecule has 90 valence electrons. The molecule has 0 aliphatic rings. The molecule has 4 nitrogen and oxygen atoms in total. The lowest BCUT2D eigenvalue weighted by atomic mass is 10.1. The van der Waals surface area contributed by atoms with Crippen molar-refractivity contribution in [2.24, 2.45) is 0 Å². The van der Waals surface area contributed by atoms with Gasteiger partial charge in [-0.2, -0.15) is 0 Å². The summed E-state index contributed by atoms with van der Waals surface area (Å²) < 4.78 is 0. The van der Waals surface area contributed by atoms with E-state index >= 15 is 0 Å². The Labute approximate surface area is 92.7 Å². The Hall–Kier alpha value is -0.610. The van der Waals surface area contributed by atoms with Crippen molar-refractivity contribution >= 4 is 5.91 Å². The summed E-state index contributed by atoms with van der Waals surface area (Å²) in [5.41, 5.74) is -0.186. The minimum Gasteiger partial charge on any atom is -0.395 e. The fourth-order valence-electron chi connectivity index (χ4n) is 1.39. The zero-order chi connectivity index (χ0) is 11.9. The van der Waals surface area contributed by atoms with E-state index in [1.54, 1.807) is 0 Å². The highest BCUT2D eigenvalue weighted by Gasteiger charge is 2.15. The Bertz CT molecular complexity index is 182. The van der Waals surface area contributed by atoms with Crippen molar-refractivity contribution in [3.8, 4) is 0 Å². The van der Waals surface area contributed by atoms with Gasteiger partial charge in [-0.1, -0.05) is 6.92 Å². The van der Waals surface area contributed by atoms with Crippen LogP contribution in [0.3, 0.4) is 0 Å². The van der Waals surface area contributed by atoms with Gasteiger partial charge in [-0.05, 0) is 33.7 Å². The summed E-state index contributed by atoms with van der Waals surface area (Å²) >= 11 is 0. The molecule has 15 heavy (non-hydrogen) atoms. The minimum absolute atomic E-state index is 0.0180. The molecular formula is C11H24N2O2. The van der Waals surface area contributed by atoms with Gasteiger partial charge in [0.2, 0.25) is 5.91 Å². The van der Waals surface area contributed by atoms with Gasteiger partial charge in [0.1, 0.15) is 0 Å². The molecule has 2 N–H and O–H groups in total. The predicted octanol–water partition coefficient (Wildman–Crippen LogP) is 0.605. The third-order valence-electron chi connectivity index (χ3n) is 1.84. The Morgan fingerprint density at radius 3 is 2.33 bits per heavy atom. The number of hydrogen-bond acceptors (Lipinski definition) is 3. The van der Waals surface area contributed by atoms with Crippen molar-refractivity contribution in [2.45, 2.75) is 39.7 Å². The predicted molar refractivity (Wildman–Crippen MR) is 61.7 cm³/mol. The molecule has 0 radical (unpaired) electrons. The van der Waals surface area contributed by atoms with Gasteiger partial charge in [0.05, 0.1) is 13.2 Å². The highest BCUT2D eigenvalue weighted by atomic mass is 16.3. The van der Waals surface area contributed by atoms with Crippen LogP contribution in [0.4, 0.5) is 0 Å². The molecule has 0 rings (SSSR count). The van der Waals surface area contributed by atoms with Crippen LogP contribution in [0.5, 0.6) is 0 Å². The molecule has 0 atom stereocenters. The molecule has 0 aromatic carbocycles. The maximum atomic E-state index is 11.6. The summed E-state index contributed by atoms with van der Waals surface area (Å²) in [5, 5.41) is 11.7. The topological polar surface area (TPSA) is 52.6 Å². The van der Waals surface area contributed by atoms with E-state index in [-0.39, 0.29) is 18.1 Å². The van der Waals surface area contributed by atoms with Crippen LogP contribution in [-0.4, -0.2) is 47.7 Å². The number of aliphatic hydroxyl groups is 1.